The summed E-state index contributed by atoms with van der Waals surface area (Å²) in [6.45, 7) is 2.84. The minimum Gasteiger partial charge on any atom is -0.399 e. The van der Waals surface area contributed by atoms with Crippen molar-refractivity contribution in [2.24, 2.45) is 0 Å². The first-order chi connectivity index (χ1) is 13.7. The van der Waals surface area contributed by atoms with Crippen LogP contribution in [0.3, 0.4) is 0 Å². The summed E-state index contributed by atoms with van der Waals surface area (Å²) in [6.07, 6.45) is 2.93. The molecule has 0 unspecified atom stereocenters. The van der Waals surface area contributed by atoms with Gasteiger partial charge in [-0.25, -0.2) is 9.97 Å². The molecule has 0 spiro atoms. The fraction of sp³-hybridized carbons (Fsp3) is 0.182. The molecule has 2 aromatic carbocycles. The van der Waals surface area contributed by atoms with Crippen molar-refractivity contribution in [2.45, 2.75) is 19.5 Å². The summed E-state index contributed by atoms with van der Waals surface area (Å²) in [5.41, 5.74) is 9.93. The predicted molar refractivity (Wildman–Crippen MR) is 119 cm³/mol. The molecule has 0 bridgehead atoms. The Morgan fingerprint density at radius 1 is 1.11 bits per heavy atom. The minimum absolute atomic E-state index is 0.754. The molecule has 3 heterocycles. The number of nitrogens with zero attached hydrogens (tertiary/aromatic N) is 3. The van der Waals surface area contributed by atoms with Crippen LogP contribution in [0.2, 0.25) is 0 Å². The first-order valence-electron chi connectivity index (χ1n) is 9.26. The molecule has 6 heteroatoms. The van der Waals surface area contributed by atoms with Gasteiger partial charge in [0.05, 0.1) is 5.69 Å². The van der Waals surface area contributed by atoms with E-state index in [-0.39, 0.29) is 0 Å². The number of anilines is 1. The second-order valence-corrected chi connectivity index (χ2v) is 9.01. The molecule has 4 aromatic rings. The first-order valence-corrected chi connectivity index (χ1v) is 10.9. The molecule has 0 fully saturated rings. The maximum absolute atomic E-state index is 5.78. The van der Waals surface area contributed by atoms with E-state index >= 15 is 0 Å². The van der Waals surface area contributed by atoms with Gasteiger partial charge in [0, 0.05) is 68.5 Å². The normalized spacial score (nSPS) is 14.3. The quantitative estimate of drug-likeness (QED) is 0.432. The van der Waals surface area contributed by atoms with E-state index in [0.717, 1.165) is 48.8 Å². The molecule has 0 saturated carbocycles. The Morgan fingerprint density at radius 2 is 1.93 bits per heavy atom. The third kappa shape index (κ3) is 3.32. The lowest BCUT2D eigenvalue weighted by Crippen LogP contribution is -2.30. The van der Waals surface area contributed by atoms with Gasteiger partial charge in [0.2, 0.25) is 0 Å². The van der Waals surface area contributed by atoms with Crippen LogP contribution < -0.4 is 5.73 Å². The highest BCUT2D eigenvalue weighted by Gasteiger charge is 2.21. The van der Waals surface area contributed by atoms with E-state index in [0.29, 0.717) is 0 Å². The Bertz CT molecular complexity index is 1150. The highest BCUT2D eigenvalue weighted by atomic mass is 79.9. The van der Waals surface area contributed by atoms with E-state index in [1.54, 1.807) is 0 Å². The van der Waals surface area contributed by atoms with Crippen LogP contribution in [0, 0.1) is 0 Å². The van der Waals surface area contributed by atoms with Crippen LogP contribution >= 0.6 is 27.3 Å². The van der Waals surface area contributed by atoms with Gasteiger partial charge in [0.25, 0.3) is 0 Å². The summed E-state index contributed by atoms with van der Waals surface area (Å²) in [6, 6.07) is 16.3. The molecule has 140 valence electrons. The molecule has 0 amide bonds. The molecule has 2 aromatic heterocycles. The summed E-state index contributed by atoms with van der Waals surface area (Å²) in [4.78, 5) is 13.3. The fourth-order valence-corrected chi connectivity index (χ4v) is 5.63. The van der Waals surface area contributed by atoms with E-state index in [2.05, 4.69) is 50.1 Å². The van der Waals surface area contributed by atoms with Crippen molar-refractivity contribution >= 4 is 43.0 Å². The molecule has 5 rings (SSSR count). The molecule has 4 nitrogen and oxygen atoms in total. The Morgan fingerprint density at radius 3 is 2.75 bits per heavy atom. The molecule has 0 saturated heterocycles. The van der Waals surface area contributed by atoms with Crippen LogP contribution in [0.1, 0.15) is 16.1 Å². The van der Waals surface area contributed by atoms with Gasteiger partial charge in [-0.3, -0.25) is 4.90 Å². The third-order valence-electron chi connectivity index (χ3n) is 5.15. The van der Waals surface area contributed by atoms with Crippen LogP contribution in [-0.4, -0.2) is 21.4 Å². The summed E-state index contributed by atoms with van der Waals surface area (Å²) in [5, 5.41) is 1.30. The second-order valence-electron chi connectivity index (χ2n) is 7.08. The summed E-state index contributed by atoms with van der Waals surface area (Å²) >= 11 is 5.67. The van der Waals surface area contributed by atoms with Gasteiger partial charge in [0.15, 0.2) is 5.82 Å². The maximum Gasteiger partial charge on any atom is 0.159 e. The van der Waals surface area contributed by atoms with Gasteiger partial charge < -0.3 is 5.73 Å². The Balaban J connectivity index is 1.36. The number of hydrogen-bond donors (Lipinski definition) is 1. The number of benzene rings is 2. The Kier molecular flexibility index (Phi) is 4.62. The topological polar surface area (TPSA) is 55.0 Å². The second kappa shape index (κ2) is 7.28. The number of hydrogen-bond acceptors (Lipinski definition) is 5. The van der Waals surface area contributed by atoms with Gasteiger partial charge in [-0.2, -0.15) is 0 Å². The SMILES string of the molecule is Nc1ccc(-c2ncc3c(n2)CCN(Cc2sc4ccccc4c2Br)C3)cc1. The lowest BCUT2D eigenvalue weighted by Gasteiger charge is -2.27. The monoisotopic (exact) mass is 450 g/mol. The largest absolute Gasteiger partial charge is 0.399 e. The molecule has 0 atom stereocenters. The zero-order chi connectivity index (χ0) is 19.1. The molecular formula is C22H19BrN4S. The van der Waals surface area contributed by atoms with E-state index in [9.17, 15) is 0 Å². The average molecular weight is 451 g/mol. The lowest BCUT2D eigenvalue weighted by atomic mass is 10.1. The number of nitrogens with two attached hydrogens (primary N) is 1. The van der Waals surface area contributed by atoms with Crippen molar-refractivity contribution in [2.75, 3.05) is 12.3 Å². The van der Waals surface area contributed by atoms with Crippen molar-refractivity contribution in [3.63, 3.8) is 0 Å². The molecule has 1 aliphatic rings. The van der Waals surface area contributed by atoms with Crippen LogP contribution in [0.4, 0.5) is 5.69 Å². The first kappa shape index (κ1) is 17.8. The number of fused-ring (bicyclic) bond motifs is 2. The molecule has 1 aliphatic heterocycles. The molecule has 0 radical (unpaired) electrons. The zero-order valence-corrected chi connectivity index (χ0v) is 17.6. The zero-order valence-electron chi connectivity index (χ0n) is 15.2. The van der Waals surface area contributed by atoms with Crippen LogP contribution in [-0.2, 0) is 19.5 Å². The number of rotatable bonds is 3. The summed E-state index contributed by atoms with van der Waals surface area (Å²) < 4.78 is 2.56. The Labute approximate surface area is 176 Å². The number of halogens is 1. The van der Waals surface area contributed by atoms with E-state index in [1.165, 1.54) is 25.0 Å². The Hall–Kier alpha value is -2.28. The smallest absolute Gasteiger partial charge is 0.159 e. The van der Waals surface area contributed by atoms with Gasteiger partial charge in [-0.1, -0.05) is 18.2 Å². The minimum atomic E-state index is 0.754. The van der Waals surface area contributed by atoms with Crippen molar-refractivity contribution < 1.29 is 0 Å². The molecule has 28 heavy (non-hydrogen) atoms. The van der Waals surface area contributed by atoms with Crippen molar-refractivity contribution in [1.82, 2.24) is 14.9 Å². The molecule has 2 N–H and O–H groups in total. The van der Waals surface area contributed by atoms with Crippen LogP contribution in [0.25, 0.3) is 21.5 Å². The third-order valence-corrected chi connectivity index (χ3v) is 7.47. The summed E-state index contributed by atoms with van der Waals surface area (Å²) in [5.74, 6) is 0.777. The van der Waals surface area contributed by atoms with Gasteiger partial charge in [-0.05, 0) is 46.3 Å². The highest BCUT2D eigenvalue weighted by molar-refractivity contribution is 9.10. The van der Waals surface area contributed by atoms with E-state index in [4.69, 9.17) is 10.7 Å². The number of nitrogen functional groups attached to an aromatic ring is 1. The molecular weight excluding hydrogens is 432 g/mol. The standard InChI is InChI=1S/C22H19BrN4S/c23-21-17-3-1-2-4-19(17)28-20(21)13-27-10-9-18-15(12-27)11-25-22(26-18)14-5-7-16(24)8-6-14/h1-8,11H,9-10,12-13,24H2. The van der Waals surface area contributed by atoms with Crippen LogP contribution in [0.15, 0.2) is 59.2 Å². The van der Waals surface area contributed by atoms with E-state index in [1.807, 2.05) is 41.8 Å². The van der Waals surface area contributed by atoms with Crippen LogP contribution in [0.5, 0.6) is 0 Å². The van der Waals surface area contributed by atoms with Gasteiger partial charge in [0.1, 0.15) is 0 Å². The van der Waals surface area contributed by atoms with E-state index < -0.39 is 0 Å². The predicted octanol–water partition coefficient (Wildman–Crippen LogP) is 5.26. The fourth-order valence-electron chi connectivity index (χ4n) is 3.65. The average Bonchev–Trinajstić information content (AvgIpc) is 3.04. The van der Waals surface area contributed by atoms with Gasteiger partial charge >= 0.3 is 0 Å². The molecule has 0 aliphatic carbocycles. The maximum atomic E-state index is 5.78. The van der Waals surface area contributed by atoms with Gasteiger partial charge in [-0.15, -0.1) is 11.3 Å². The highest BCUT2D eigenvalue weighted by Crippen LogP contribution is 2.36. The van der Waals surface area contributed by atoms with Crippen molar-refractivity contribution in [3.05, 3.63) is 75.3 Å². The van der Waals surface area contributed by atoms with Crippen molar-refractivity contribution in [3.8, 4) is 11.4 Å². The lowest BCUT2D eigenvalue weighted by molar-refractivity contribution is 0.245. The summed E-state index contributed by atoms with van der Waals surface area (Å²) in [7, 11) is 0. The number of thiophene rings is 1. The van der Waals surface area contributed by atoms with Crippen molar-refractivity contribution in [1.29, 1.82) is 0 Å². The number of aromatic nitrogens is 2.